The van der Waals surface area contributed by atoms with Crippen molar-refractivity contribution in [2.45, 2.75) is 36.9 Å². The van der Waals surface area contributed by atoms with Gasteiger partial charge < -0.3 is 4.90 Å². The van der Waals surface area contributed by atoms with Crippen molar-refractivity contribution in [2.75, 3.05) is 16.2 Å². The molecule has 33 heavy (non-hydrogen) atoms. The Balaban J connectivity index is 1.64. The number of benzene rings is 2. The van der Waals surface area contributed by atoms with Gasteiger partial charge in [0.05, 0.1) is 5.56 Å². The fourth-order valence-corrected chi connectivity index (χ4v) is 5.85. The van der Waals surface area contributed by atoms with Crippen LogP contribution in [0.5, 0.6) is 0 Å². The average molecular weight is 521 g/mol. The van der Waals surface area contributed by atoms with Gasteiger partial charge in [-0.05, 0) is 41.5 Å². The Kier molecular flexibility index (Phi) is 5.82. The molecule has 0 saturated heterocycles. The lowest BCUT2D eigenvalue weighted by molar-refractivity contribution is -0.137. The van der Waals surface area contributed by atoms with E-state index >= 15 is 0 Å². The molecule has 2 heterocycles. The van der Waals surface area contributed by atoms with Crippen molar-refractivity contribution in [3.05, 3.63) is 64.2 Å². The van der Waals surface area contributed by atoms with Gasteiger partial charge in [0.1, 0.15) is 17.0 Å². The number of aromatic nitrogens is 2. The number of alkyl halides is 3. The maximum absolute atomic E-state index is 14.8. The first-order chi connectivity index (χ1) is 15.3. The van der Waals surface area contributed by atoms with Crippen LogP contribution in [0.15, 0.2) is 41.6 Å². The summed E-state index contributed by atoms with van der Waals surface area (Å²) in [6.45, 7) is 4.11. The molecule has 0 aliphatic carbocycles. The predicted octanol–water partition coefficient (Wildman–Crippen LogP) is 5.45. The van der Waals surface area contributed by atoms with Gasteiger partial charge in [-0.3, -0.25) is 4.72 Å². The van der Waals surface area contributed by atoms with Crippen LogP contribution in [0.1, 0.15) is 30.5 Å². The summed E-state index contributed by atoms with van der Waals surface area (Å²) < 4.78 is 85.2. The number of hydrogen-bond donors (Lipinski definition) is 1. The van der Waals surface area contributed by atoms with E-state index in [1.807, 2.05) is 13.8 Å². The molecular weight excluding hydrogens is 504 g/mol. The molecule has 0 bridgehead atoms. The van der Waals surface area contributed by atoms with E-state index in [1.54, 1.807) is 4.90 Å². The van der Waals surface area contributed by atoms with Crippen LogP contribution < -0.4 is 9.62 Å². The van der Waals surface area contributed by atoms with E-state index in [-0.39, 0.29) is 16.7 Å². The Hall–Kier alpha value is -2.44. The van der Waals surface area contributed by atoms with E-state index in [1.165, 1.54) is 6.07 Å². The van der Waals surface area contributed by atoms with Crippen molar-refractivity contribution in [2.24, 2.45) is 0 Å². The lowest BCUT2D eigenvalue weighted by Gasteiger charge is -2.23. The summed E-state index contributed by atoms with van der Waals surface area (Å²) in [5, 5.41) is -0.0177. The van der Waals surface area contributed by atoms with Gasteiger partial charge in [-0.25, -0.2) is 17.8 Å². The Labute approximate surface area is 196 Å². The quantitative estimate of drug-likeness (QED) is 0.453. The van der Waals surface area contributed by atoms with E-state index in [4.69, 9.17) is 11.6 Å². The second-order valence-electron chi connectivity index (χ2n) is 8.20. The van der Waals surface area contributed by atoms with E-state index < -0.39 is 37.9 Å². The Morgan fingerprint density at radius 3 is 2.61 bits per heavy atom. The second kappa shape index (κ2) is 8.10. The maximum Gasteiger partial charge on any atom is 0.416 e. The van der Waals surface area contributed by atoms with Crippen molar-refractivity contribution in [3.8, 4) is 0 Å². The molecule has 13 heteroatoms. The number of halogens is 5. The largest absolute Gasteiger partial charge is 0.416 e. The van der Waals surface area contributed by atoms with Crippen LogP contribution in [0.25, 0.3) is 0 Å². The molecule has 2 aromatic carbocycles. The molecule has 0 unspecified atom stereocenters. The highest BCUT2D eigenvalue weighted by atomic mass is 35.5. The number of anilines is 2. The number of fused-ring (bicyclic) bond motifs is 1. The first kappa shape index (κ1) is 23.7. The number of sulfonamides is 1. The topological polar surface area (TPSA) is 75.2 Å². The third-order valence-electron chi connectivity index (χ3n) is 5.31. The lowest BCUT2D eigenvalue weighted by Crippen LogP contribution is -2.28. The van der Waals surface area contributed by atoms with E-state index in [9.17, 15) is 26.0 Å². The van der Waals surface area contributed by atoms with Crippen molar-refractivity contribution < 1.29 is 26.0 Å². The van der Waals surface area contributed by atoms with Crippen LogP contribution in [0, 0.1) is 5.82 Å². The Bertz CT molecular complexity index is 1310. The Morgan fingerprint density at radius 1 is 1.24 bits per heavy atom. The number of hydrogen-bond acceptors (Lipinski definition) is 6. The summed E-state index contributed by atoms with van der Waals surface area (Å²) >= 11 is 7.08. The SMILES string of the molecule is CC1(C)CN(Cc2cc(F)c(S(=O)(=O)Nc3ncns3)cc2Cl)c2ccc(C(F)(F)F)cc21. The van der Waals surface area contributed by atoms with Crippen LogP contribution in [0.4, 0.5) is 28.4 Å². The number of nitrogens with one attached hydrogen (secondary N) is 1. The summed E-state index contributed by atoms with van der Waals surface area (Å²) in [6.07, 6.45) is -3.31. The molecule has 1 aliphatic rings. The molecule has 6 nitrogen and oxygen atoms in total. The molecule has 4 rings (SSSR count). The van der Waals surface area contributed by atoms with Crippen molar-refractivity contribution in [1.82, 2.24) is 9.36 Å². The highest BCUT2D eigenvalue weighted by Crippen LogP contribution is 2.44. The Morgan fingerprint density at radius 2 is 1.97 bits per heavy atom. The first-order valence-electron chi connectivity index (χ1n) is 9.52. The maximum atomic E-state index is 14.8. The predicted molar refractivity (Wildman–Crippen MR) is 118 cm³/mol. The molecule has 0 radical (unpaired) electrons. The van der Waals surface area contributed by atoms with Gasteiger partial charge >= 0.3 is 6.18 Å². The molecule has 0 atom stereocenters. The van der Waals surface area contributed by atoms with Crippen molar-refractivity contribution >= 4 is 44.0 Å². The van der Waals surface area contributed by atoms with Crippen molar-refractivity contribution in [1.29, 1.82) is 0 Å². The summed E-state index contributed by atoms with van der Waals surface area (Å²) in [7, 11) is -4.29. The molecule has 176 valence electrons. The van der Waals surface area contributed by atoms with E-state index in [0.717, 1.165) is 42.1 Å². The minimum absolute atomic E-state index is 0.00667. The summed E-state index contributed by atoms with van der Waals surface area (Å²) in [5.41, 5.74) is 0.0788. The van der Waals surface area contributed by atoms with Crippen LogP contribution in [-0.4, -0.2) is 24.3 Å². The lowest BCUT2D eigenvalue weighted by atomic mass is 9.86. The van der Waals surface area contributed by atoms with Gasteiger partial charge in [-0.1, -0.05) is 25.4 Å². The molecule has 0 fully saturated rings. The third kappa shape index (κ3) is 4.64. The molecule has 1 N–H and O–H groups in total. The van der Waals surface area contributed by atoms with Gasteiger partial charge in [-0.2, -0.15) is 17.5 Å². The highest BCUT2D eigenvalue weighted by Gasteiger charge is 2.39. The van der Waals surface area contributed by atoms with E-state index in [2.05, 4.69) is 14.1 Å². The fraction of sp³-hybridized carbons (Fsp3) is 0.300. The van der Waals surface area contributed by atoms with Crippen LogP contribution >= 0.6 is 23.1 Å². The van der Waals surface area contributed by atoms with Gasteiger partial charge in [0.2, 0.25) is 5.13 Å². The fourth-order valence-electron chi connectivity index (χ4n) is 3.81. The van der Waals surface area contributed by atoms with Gasteiger partial charge in [0.15, 0.2) is 0 Å². The molecule has 3 aromatic rings. The molecule has 0 spiro atoms. The number of nitrogens with zero attached hydrogens (tertiary/aromatic N) is 3. The van der Waals surface area contributed by atoms with Gasteiger partial charge in [0.25, 0.3) is 10.0 Å². The van der Waals surface area contributed by atoms with Gasteiger partial charge in [0, 0.05) is 40.7 Å². The minimum atomic E-state index is -4.46. The van der Waals surface area contributed by atoms with E-state index in [0.29, 0.717) is 23.4 Å². The van der Waals surface area contributed by atoms with Crippen LogP contribution in [0.3, 0.4) is 0 Å². The molecule has 1 aliphatic heterocycles. The standard InChI is InChI=1S/C20H17ClF4N4O2S2/c1-19(2)9-29(16-4-3-12(6-13(16)19)20(23,24)25)8-11-5-15(22)17(7-14(11)21)33(30,31)28-18-26-10-27-32-18/h3-7,10H,8-9H2,1-2H3,(H,26,27,28). The van der Waals surface area contributed by atoms with Gasteiger partial charge in [-0.15, -0.1) is 0 Å². The monoisotopic (exact) mass is 520 g/mol. The zero-order chi connectivity index (χ0) is 24.2. The van der Waals surface area contributed by atoms with Crippen LogP contribution in [-0.2, 0) is 28.2 Å². The van der Waals surface area contributed by atoms with Crippen LogP contribution in [0.2, 0.25) is 5.02 Å². The highest BCUT2D eigenvalue weighted by molar-refractivity contribution is 7.93. The first-order valence-corrected chi connectivity index (χ1v) is 12.2. The normalized spacial score (nSPS) is 15.5. The second-order valence-corrected chi connectivity index (χ2v) is 11.0. The van der Waals surface area contributed by atoms with Crippen molar-refractivity contribution in [3.63, 3.8) is 0 Å². The summed E-state index contributed by atoms with van der Waals surface area (Å²) in [4.78, 5) is 4.85. The summed E-state index contributed by atoms with van der Waals surface area (Å²) in [6, 6.07) is 5.55. The average Bonchev–Trinajstić information content (AvgIpc) is 3.29. The zero-order valence-electron chi connectivity index (χ0n) is 17.2. The molecule has 0 amide bonds. The molecule has 0 saturated carbocycles. The zero-order valence-corrected chi connectivity index (χ0v) is 19.6. The number of rotatable bonds is 5. The smallest absolute Gasteiger partial charge is 0.366 e. The molecule has 1 aromatic heterocycles. The molecular formula is C20H17ClF4N4O2S2. The third-order valence-corrected chi connectivity index (χ3v) is 7.73. The minimum Gasteiger partial charge on any atom is -0.366 e. The summed E-state index contributed by atoms with van der Waals surface area (Å²) in [5.74, 6) is -1.02.